The van der Waals surface area contributed by atoms with Crippen LogP contribution in [0, 0.1) is 0 Å². The van der Waals surface area contributed by atoms with Crippen molar-refractivity contribution < 1.29 is 22.6 Å². The number of hydrogen-bond donors (Lipinski definition) is 1. The molecule has 0 unspecified atom stereocenters. The van der Waals surface area contributed by atoms with Crippen LogP contribution in [0.1, 0.15) is 13.3 Å². The zero-order valence-corrected chi connectivity index (χ0v) is 13.9. The maximum absolute atomic E-state index is 12.4. The molecule has 0 aliphatic rings. The summed E-state index contributed by atoms with van der Waals surface area (Å²) in [6.07, 6.45) is -2.46. The van der Waals surface area contributed by atoms with E-state index in [0.717, 1.165) is 6.42 Å². The van der Waals surface area contributed by atoms with Gasteiger partial charge in [0.25, 0.3) is 0 Å². The number of benzene rings is 1. The van der Waals surface area contributed by atoms with E-state index in [1.54, 1.807) is 18.2 Å². The molecule has 0 saturated heterocycles. The maximum Gasteiger partial charge on any atom is 0.573 e. The number of nitrogens with two attached hydrogens (primary N) is 1. The quantitative estimate of drug-likeness (QED) is 0.724. The van der Waals surface area contributed by atoms with E-state index in [2.05, 4.69) is 14.8 Å². The van der Waals surface area contributed by atoms with Gasteiger partial charge in [-0.25, -0.2) is 9.50 Å². The molecule has 26 heavy (non-hydrogen) atoms. The molecule has 0 spiro atoms. The number of rotatable bonds is 6. The minimum Gasteiger partial charge on any atom is -0.475 e. The van der Waals surface area contributed by atoms with E-state index in [1.165, 1.54) is 28.9 Å². The first-order valence-corrected chi connectivity index (χ1v) is 7.95. The first-order chi connectivity index (χ1) is 12.4. The van der Waals surface area contributed by atoms with Crippen LogP contribution in [0.3, 0.4) is 0 Å². The average molecular weight is 366 g/mol. The second-order valence-electron chi connectivity index (χ2n) is 5.64. The molecule has 0 fully saturated rings. The Hall–Kier alpha value is -2.81. The van der Waals surface area contributed by atoms with Crippen molar-refractivity contribution in [2.24, 2.45) is 5.73 Å². The highest BCUT2D eigenvalue weighted by molar-refractivity contribution is 5.64. The molecule has 9 heteroatoms. The standard InChI is InChI=1S/C17H17F3N4O2/c1-2-12(21)10-25-16-7-6-15-22-9-14(24(15)23-16)11-4-3-5-13(8-11)26-17(18,19)20/h3-9,12H,2,10,21H2,1H3/t12-/m1/s1. The molecule has 1 atom stereocenters. The van der Waals surface area contributed by atoms with Gasteiger partial charge < -0.3 is 15.2 Å². The fourth-order valence-corrected chi connectivity index (χ4v) is 2.29. The van der Waals surface area contributed by atoms with Crippen LogP contribution in [0.25, 0.3) is 16.9 Å². The van der Waals surface area contributed by atoms with Crippen LogP contribution in [0.5, 0.6) is 11.6 Å². The summed E-state index contributed by atoms with van der Waals surface area (Å²) < 4.78 is 48.3. The van der Waals surface area contributed by atoms with Crippen LogP contribution in [-0.4, -0.2) is 33.6 Å². The van der Waals surface area contributed by atoms with Gasteiger partial charge >= 0.3 is 6.36 Å². The number of halogens is 3. The van der Waals surface area contributed by atoms with Crippen molar-refractivity contribution >= 4 is 5.65 Å². The lowest BCUT2D eigenvalue weighted by Gasteiger charge is -2.11. The number of nitrogens with zero attached hydrogens (tertiary/aromatic N) is 3. The number of aromatic nitrogens is 3. The molecule has 2 N–H and O–H groups in total. The third kappa shape index (κ3) is 4.23. The summed E-state index contributed by atoms with van der Waals surface area (Å²) in [5, 5.41) is 4.34. The van der Waals surface area contributed by atoms with Crippen LogP contribution >= 0.6 is 0 Å². The normalized spacial score (nSPS) is 13.0. The van der Waals surface area contributed by atoms with Crippen LogP contribution in [0.4, 0.5) is 13.2 Å². The molecular formula is C17H17F3N4O2. The molecular weight excluding hydrogens is 349 g/mol. The van der Waals surface area contributed by atoms with Gasteiger partial charge in [0.2, 0.25) is 5.88 Å². The molecule has 3 aromatic rings. The number of fused-ring (bicyclic) bond motifs is 1. The predicted octanol–water partition coefficient (Wildman–Crippen LogP) is 3.41. The summed E-state index contributed by atoms with van der Waals surface area (Å²) in [6.45, 7) is 2.27. The van der Waals surface area contributed by atoms with Crippen molar-refractivity contribution in [3.05, 3.63) is 42.6 Å². The van der Waals surface area contributed by atoms with Gasteiger partial charge in [-0.15, -0.1) is 18.3 Å². The van der Waals surface area contributed by atoms with Crippen molar-refractivity contribution in [3.63, 3.8) is 0 Å². The third-order valence-electron chi connectivity index (χ3n) is 3.67. The minimum atomic E-state index is -4.75. The first-order valence-electron chi connectivity index (χ1n) is 7.95. The second-order valence-corrected chi connectivity index (χ2v) is 5.64. The van der Waals surface area contributed by atoms with E-state index in [9.17, 15) is 13.2 Å². The lowest BCUT2D eigenvalue weighted by molar-refractivity contribution is -0.274. The maximum atomic E-state index is 12.4. The summed E-state index contributed by atoms with van der Waals surface area (Å²) >= 11 is 0. The molecule has 138 valence electrons. The Morgan fingerprint density at radius 1 is 1.23 bits per heavy atom. The van der Waals surface area contributed by atoms with Crippen LogP contribution in [0.15, 0.2) is 42.6 Å². The lowest BCUT2D eigenvalue weighted by atomic mass is 10.1. The van der Waals surface area contributed by atoms with E-state index < -0.39 is 6.36 Å². The predicted molar refractivity (Wildman–Crippen MR) is 88.9 cm³/mol. The van der Waals surface area contributed by atoms with Crippen molar-refractivity contribution in [3.8, 4) is 22.9 Å². The van der Waals surface area contributed by atoms with Gasteiger partial charge in [-0.1, -0.05) is 19.1 Å². The topological polar surface area (TPSA) is 74.7 Å². The minimum absolute atomic E-state index is 0.106. The Balaban J connectivity index is 1.91. The van der Waals surface area contributed by atoms with E-state index in [-0.39, 0.29) is 11.8 Å². The number of hydrogen-bond acceptors (Lipinski definition) is 5. The largest absolute Gasteiger partial charge is 0.573 e. The molecule has 3 rings (SSSR count). The van der Waals surface area contributed by atoms with E-state index in [1.807, 2.05) is 6.92 Å². The summed E-state index contributed by atoms with van der Waals surface area (Å²) in [6, 6.07) is 8.89. The summed E-state index contributed by atoms with van der Waals surface area (Å²) in [5.41, 5.74) is 7.35. The van der Waals surface area contributed by atoms with Crippen LogP contribution in [-0.2, 0) is 0 Å². The SMILES string of the molecule is CC[C@@H](N)COc1ccc2ncc(-c3cccc(OC(F)(F)F)c3)n2n1. The highest BCUT2D eigenvalue weighted by Gasteiger charge is 2.31. The van der Waals surface area contributed by atoms with Crippen molar-refractivity contribution in [1.82, 2.24) is 14.6 Å². The highest BCUT2D eigenvalue weighted by atomic mass is 19.4. The fraction of sp³-hybridized carbons (Fsp3) is 0.294. The van der Waals surface area contributed by atoms with Gasteiger partial charge in [-0.3, -0.25) is 0 Å². The average Bonchev–Trinajstić information content (AvgIpc) is 3.01. The van der Waals surface area contributed by atoms with Crippen molar-refractivity contribution in [2.45, 2.75) is 25.7 Å². The van der Waals surface area contributed by atoms with Crippen molar-refractivity contribution in [1.29, 1.82) is 0 Å². The Bertz CT molecular complexity index is 895. The third-order valence-corrected chi connectivity index (χ3v) is 3.67. The van der Waals surface area contributed by atoms with Crippen molar-refractivity contribution in [2.75, 3.05) is 6.61 Å². The number of imidazole rings is 1. The van der Waals surface area contributed by atoms with Gasteiger partial charge in [0, 0.05) is 17.7 Å². The zero-order valence-electron chi connectivity index (χ0n) is 13.9. The molecule has 1 aromatic carbocycles. The summed E-state index contributed by atoms with van der Waals surface area (Å²) in [7, 11) is 0. The molecule has 0 amide bonds. The zero-order chi connectivity index (χ0) is 18.7. The second kappa shape index (κ2) is 7.20. The molecule has 0 bridgehead atoms. The summed E-state index contributed by atoms with van der Waals surface area (Å²) in [5.74, 6) is 0.0367. The van der Waals surface area contributed by atoms with Gasteiger partial charge in [-0.05, 0) is 24.6 Å². The van der Waals surface area contributed by atoms with Gasteiger partial charge in [0.05, 0.1) is 11.9 Å². The van der Waals surface area contributed by atoms with Gasteiger partial charge in [-0.2, -0.15) is 0 Å². The van der Waals surface area contributed by atoms with Gasteiger partial charge in [0.15, 0.2) is 5.65 Å². The fourth-order valence-electron chi connectivity index (χ4n) is 2.29. The lowest BCUT2D eigenvalue weighted by Crippen LogP contribution is -2.27. The van der Waals surface area contributed by atoms with E-state index in [4.69, 9.17) is 10.5 Å². The molecule has 0 aliphatic carbocycles. The smallest absolute Gasteiger partial charge is 0.475 e. The molecule has 0 aliphatic heterocycles. The Labute approximate surface area is 147 Å². The Kier molecular flexibility index (Phi) is 4.99. The first kappa shape index (κ1) is 18.0. The molecule has 2 heterocycles. The summed E-state index contributed by atoms with van der Waals surface area (Å²) in [4.78, 5) is 4.21. The Morgan fingerprint density at radius 2 is 2.04 bits per heavy atom. The highest BCUT2D eigenvalue weighted by Crippen LogP contribution is 2.28. The molecule has 0 radical (unpaired) electrons. The van der Waals surface area contributed by atoms with E-state index in [0.29, 0.717) is 29.4 Å². The van der Waals surface area contributed by atoms with Crippen LogP contribution < -0.4 is 15.2 Å². The van der Waals surface area contributed by atoms with Gasteiger partial charge in [0.1, 0.15) is 12.4 Å². The monoisotopic (exact) mass is 366 g/mol. The van der Waals surface area contributed by atoms with E-state index >= 15 is 0 Å². The molecule has 0 saturated carbocycles. The Morgan fingerprint density at radius 3 is 2.77 bits per heavy atom. The number of ether oxygens (including phenoxy) is 2. The van der Waals surface area contributed by atoms with Crippen LogP contribution in [0.2, 0.25) is 0 Å². The number of alkyl halides is 3. The molecule has 6 nitrogen and oxygen atoms in total. The molecule has 2 aromatic heterocycles.